The van der Waals surface area contributed by atoms with Crippen molar-refractivity contribution >= 4 is 17.3 Å². The number of nitrogens with zero attached hydrogens (tertiary/aromatic N) is 2. The Morgan fingerprint density at radius 1 is 1.58 bits per heavy atom. The zero-order valence-corrected chi connectivity index (χ0v) is 12.3. The lowest BCUT2D eigenvalue weighted by molar-refractivity contribution is 0.252. The van der Waals surface area contributed by atoms with Gasteiger partial charge in [-0.1, -0.05) is 6.42 Å². The lowest BCUT2D eigenvalue weighted by Crippen LogP contribution is -2.43. The minimum absolute atomic E-state index is 0.134. The van der Waals surface area contributed by atoms with Crippen molar-refractivity contribution in [2.24, 2.45) is 10.9 Å². The number of aliphatic hydroxyl groups excluding tert-OH is 1. The fraction of sp³-hybridized carbons (Fsp3) is 0.643. The molecule has 1 aliphatic rings. The number of aliphatic hydroxyl groups is 1. The quantitative estimate of drug-likeness (QED) is 0.618. The highest BCUT2D eigenvalue weighted by Gasteiger charge is 2.20. The van der Waals surface area contributed by atoms with Crippen molar-refractivity contribution in [2.45, 2.75) is 25.8 Å². The summed E-state index contributed by atoms with van der Waals surface area (Å²) in [6, 6.07) is 2.10. The van der Waals surface area contributed by atoms with Crippen molar-refractivity contribution < 1.29 is 5.11 Å². The van der Waals surface area contributed by atoms with Crippen molar-refractivity contribution in [1.82, 2.24) is 10.2 Å². The third kappa shape index (κ3) is 4.51. The first-order valence-electron chi connectivity index (χ1n) is 6.91. The van der Waals surface area contributed by atoms with E-state index >= 15 is 0 Å². The summed E-state index contributed by atoms with van der Waals surface area (Å²) < 4.78 is 0. The van der Waals surface area contributed by atoms with Crippen molar-refractivity contribution in [3.63, 3.8) is 0 Å². The van der Waals surface area contributed by atoms with Gasteiger partial charge in [-0.15, -0.1) is 0 Å². The highest BCUT2D eigenvalue weighted by Crippen LogP contribution is 2.26. The molecule has 106 valence electrons. The number of hydrogen-bond donors (Lipinski definition) is 2. The van der Waals surface area contributed by atoms with Gasteiger partial charge in [0.1, 0.15) is 0 Å². The van der Waals surface area contributed by atoms with Crippen LogP contribution in [0.15, 0.2) is 21.8 Å². The molecule has 5 heteroatoms. The van der Waals surface area contributed by atoms with Gasteiger partial charge in [0, 0.05) is 20.1 Å². The van der Waals surface area contributed by atoms with Gasteiger partial charge in [0.2, 0.25) is 0 Å². The van der Waals surface area contributed by atoms with Gasteiger partial charge < -0.3 is 15.3 Å². The topological polar surface area (TPSA) is 47.9 Å². The Labute approximate surface area is 119 Å². The first-order chi connectivity index (χ1) is 9.29. The minimum atomic E-state index is 0.134. The van der Waals surface area contributed by atoms with Crippen LogP contribution in [-0.4, -0.2) is 42.7 Å². The summed E-state index contributed by atoms with van der Waals surface area (Å²) in [5.74, 6) is 1.71. The van der Waals surface area contributed by atoms with E-state index in [1.807, 2.05) is 0 Å². The van der Waals surface area contributed by atoms with Gasteiger partial charge in [-0.3, -0.25) is 0 Å². The molecule has 1 aromatic rings. The Balaban J connectivity index is 1.90. The lowest BCUT2D eigenvalue weighted by Gasteiger charge is -2.32. The maximum Gasteiger partial charge on any atom is 0.194 e. The molecule has 19 heavy (non-hydrogen) atoms. The predicted octanol–water partition coefficient (Wildman–Crippen LogP) is 1.92. The summed E-state index contributed by atoms with van der Waals surface area (Å²) in [5, 5.41) is 16.4. The van der Waals surface area contributed by atoms with Gasteiger partial charge in [-0.2, -0.15) is 11.3 Å². The van der Waals surface area contributed by atoms with E-state index in [1.54, 1.807) is 11.3 Å². The van der Waals surface area contributed by atoms with Crippen LogP contribution in [0.25, 0.3) is 0 Å². The van der Waals surface area contributed by atoms with Crippen molar-refractivity contribution in [3.8, 4) is 0 Å². The van der Waals surface area contributed by atoms with Crippen LogP contribution in [0.1, 0.15) is 24.8 Å². The van der Waals surface area contributed by atoms with Crippen LogP contribution in [0.4, 0.5) is 0 Å². The van der Waals surface area contributed by atoms with Crippen LogP contribution in [0, 0.1) is 5.92 Å². The highest BCUT2D eigenvalue weighted by molar-refractivity contribution is 7.07. The van der Waals surface area contributed by atoms with Gasteiger partial charge in [-0.25, -0.2) is 4.99 Å². The Morgan fingerprint density at radius 2 is 2.42 bits per heavy atom. The van der Waals surface area contributed by atoms with E-state index in [0.29, 0.717) is 13.1 Å². The molecule has 0 aromatic carbocycles. The molecule has 0 spiro atoms. The van der Waals surface area contributed by atoms with E-state index < -0.39 is 0 Å². The standard InChI is InChI=1S/C14H23N3OS/c1-17(10-12-3-2-4-12)14(15-6-7-18)16-9-13-5-8-19-11-13/h5,8,11-12,18H,2-4,6-7,9-10H2,1H3,(H,15,16). The Morgan fingerprint density at radius 3 is 3.00 bits per heavy atom. The molecule has 0 amide bonds. The Hall–Kier alpha value is -1.07. The molecule has 4 nitrogen and oxygen atoms in total. The van der Waals surface area contributed by atoms with Crippen LogP contribution in [-0.2, 0) is 6.54 Å². The summed E-state index contributed by atoms with van der Waals surface area (Å²) in [5.41, 5.74) is 1.24. The molecule has 2 rings (SSSR count). The van der Waals surface area contributed by atoms with E-state index in [4.69, 9.17) is 5.11 Å². The Kier molecular flexibility index (Phi) is 5.66. The van der Waals surface area contributed by atoms with Crippen molar-refractivity contribution in [1.29, 1.82) is 0 Å². The normalized spacial score (nSPS) is 16.2. The molecular formula is C14H23N3OS. The highest BCUT2D eigenvalue weighted by atomic mass is 32.1. The van der Waals surface area contributed by atoms with Crippen LogP contribution < -0.4 is 5.32 Å². The maximum atomic E-state index is 8.95. The minimum Gasteiger partial charge on any atom is -0.395 e. The Bertz CT molecular complexity index is 387. The van der Waals surface area contributed by atoms with Crippen molar-refractivity contribution in [2.75, 3.05) is 26.7 Å². The summed E-state index contributed by atoms with van der Waals surface area (Å²) >= 11 is 1.70. The van der Waals surface area contributed by atoms with E-state index in [-0.39, 0.29) is 6.61 Å². The van der Waals surface area contributed by atoms with Gasteiger partial charge in [-0.05, 0) is 41.1 Å². The first kappa shape index (κ1) is 14.3. The summed E-state index contributed by atoms with van der Waals surface area (Å²) in [7, 11) is 2.08. The lowest BCUT2D eigenvalue weighted by atomic mass is 9.85. The maximum absolute atomic E-state index is 8.95. The summed E-state index contributed by atoms with van der Waals surface area (Å²) in [6.45, 7) is 2.44. The third-order valence-corrected chi connectivity index (χ3v) is 4.24. The molecule has 0 saturated heterocycles. The van der Waals surface area contributed by atoms with Gasteiger partial charge in [0.15, 0.2) is 5.96 Å². The molecule has 0 aliphatic heterocycles. The monoisotopic (exact) mass is 281 g/mol. The van der Waals surface area contributed by atoms with Gasteiger partial charge >= 0.3 is 0 Å². The summed E-state index contributed by atoms with van der Waals surface area (Å²) in [4.78, 5) is 6.83. The number of rotatable bonds is 6. The van der Waals surface area contributed by atoms with E-state index in [9.17, 15) is 0 Å². The smallest absolute Gasteiger partial charge is 0.194 e. The van der Waals surface area contributed by atoms with Crippen LogP contribution in [0.5, 0.6) is 0 Å². The molecule has 1 heterocycles. The second kappa shape index (κ2) is 7.50. The molecule has 1 aliphatic carbocycles. The molecule has 1 saturated carbocycles. The molecule has 0 radical (unpaired) electrons. The molecule has 0 atom stereocenters. The van der Waals surface area contributed by atoms with Gasteiger partial charge in [0.05, 0.1) is 13.2 Å². The molecule has 0 unspecified atom stereocenters. The number of thiophene rings is 1. The van der Waals surface area contributed by atoms with E-state index in [0.717, 1.165) is 18.4 Å². The molecular weight excluding hydrogens is 258 g/mol. The molecule has 0 bridgehead atoms. The third-order valence-electron chi connectivity index (χ3n) is 3.50. The number of hydrogen-bond acceptors (Lipinski definition) is 3. The SMILES string of the molecule is CN(CC1CCC1)C(=NCc1ccsc1)NCCO. The largest absolute Gasteiger partial charge is 0.395 e. The number of aliphatic imine (C=N–C) groups is 1. The van der Waals surface area contributed by atoms with Crippen LogP contribution in [0.2, 0.25) is 0 Å². The second-order valence-corrected chi connectivity index (χ2v) is 5.88. The predicted molar refractivity (Wildman–Crippen MR) is 80.5 cm³/mol. The van der Waals surface area contributed by atoms with E-state index in [2.05, 4.69) is 39.1 Å². The van der Waals surface area contributed by atoms with Crippen LogP contribution >= 0.6 is 11.3 Å². The number of nitrogens with one attached hydrogen (secondary N) is 1. The zero-order valence-electron chi connectivity index (χ0n) is 11.5. The number of guanidine groups is 1. The van der Waals surface area contributed by atoms with E-state index in [1.165, 1.54) is 24.8 Å². The second-order valence-electron chi connectivity index (χ2n) is 5.10. The zero-order chi connectivity index (χ0) is 13.5. The average molecular weight is 281 g/mol. The van der Waals surface area contributed by atoms with Crippen LogP contribution in [0.3, 0.4) is 0 Å². The average Bonchev–Trinajstić information content (AvgIpc) is 2.87. The molecule has 1 fully saturated rings. The first-order valence-corrected chi connectivity index (χ1v) is 7.85. The molecule has 2 N–H and O–H groups in total. The fourth-order valence-corrected chi connectivity index (χ4v) is 2.84. The van der Waals surface area contributed by atoms with Crippen molar-refractivity contribution in [3.05, 3.63) is 22.4 Å². The van der Waals surface area contributed by atoms with Gasteiger partial charge in [0.25, 0.3) is 0 Å². The fourth-order valence-electron chi connectivity index (χ4n) is 2.18. The summed E-state index contributed by atoms with van der Waals surface area (Å²) in [6.07, 6.45) is 4.04. The molecule has 1 aromatic heterocycles.